The molecule has 2 fully saturated rings. The van der Waals surface area contributed by atoms with Crippen molar-refractivity contribution in [2.24, 2.45) is 29.1 Å². The number of aliphatic hydroxyl groups excluding tert-OH is 2. The van der Waals surface area contributed by atoms with E-state index < -0.39 is 53.6 Å². The molecule has 0 aromatic rings. The Morgan fingerprint density at radius 3 is 1.31 bits per heavy atom. The fraction of sp³-hybridized carbons (Fsp3) is 0.810. The highest BCUT2D eigenvalue weighted by molar-refractivity contribution is 5.07. The maximum Gasteiger partial charge on any atom is 0.403 e. The summed E-state index contributed by atoms with van der Waals surface area (Å²) in [6, 6.07) is 0. The molecular weight excluding hydrogens is 398 g/mol. The van der Waals surface area contributed by atoms with Crippen LogP contribution in [0.3, 0.4) is 0 Å². The lowest BCUT2D eigenvalue weighted by molar-refractivity contribution is -0.385. The van der Waals surface area contributed by atoms with Gasteiger partial charge in [-0.1, -0.05) is 12.2 Å². The van der Waals surface area contributed by atoms with E-state index in [0.717, 1.165) is 0 Å². The van der Waals surface area contributed by atoms with Gasteiger partial charge in [0.05, 0.1) is 12.2 Å². The third kappa shape index (κ3) is 4.53. The van der Waals surface area contributed by atoms with Crippen molar-refractivity contribution in [3.8, 4) is 0 Å². The van der Waals surface area contributed by atoms with Gasteiger partial charge in [-0.05, 0) is 75.0 Å². The number of hydrogen-bond acceptors (Lipinski definition) is 2. The minimum atomic E-state index is -5.48. The smallest absolute Gasteiger partial charge is 0.393 e. The van der Waals surface area contributed by atoms with E-state index in [0.29, 0.717) is 0 Å². The van der Waals surface area contributed by atoms with Gasteiger partial charge in [0, 0.05) is 0 Å². The maximum atomic E-state index is 14.4. The molecule has 0 radical (unpaired) electrons. The Morgan fingerprint density at radius 1 is 0.690 bits per heavy atom. The van der Waals surface area contributed by atoms with Crippen LogP contribution in [0, 0.1) is 29.1 Å². The van der Waals surface area contributed by atoms with Crippen molar-refractivity contribution >= 4 is 0 Å². The van der Waals surface area contributed by atoms with Crippen LogP contribution in [-0.2, 0) is 0 Å². The Bertz CT molecular complexity index is 520. The van der Waals surface area contributed by atoms with Gasteiger partial charge in [0.15, 0.2) is 5.41 Å². The van der Waals surface area contributed by atoms with E-state index in [9.17, 15) is 36.6 Å². The van der Waals surface area contributed by atoms with Gasteiger partial charge in [-0.15, -0.1) is 13.2 Å². The van der Waals surface area contributed by atoms with Crippen LogP contribution in [0.15, 0.2) is 25.3 Å². The van der Waals surface area contributed by atoms with E-state index in [1.807, 2.05) is 0 Å². The zero-order valence-electron chi connectivity index (χ0n) is 16.4. The van der Waals surface area contributed by atoms with Gasteiger partial charge in [0.1, 0.15) is 0 Å². The lowest BCUT2D eigenvalue weighted by Crippen LogP contribution is -2.62. The molecule has 2 nitrogen and oxygen atoms in total. The molecule has 0 saturated heterocycles. The van der Waals surface area contributed by atoms with Crippen LogP contribution in [0.1, 0.15) is 51.4 Å². The normalized spacial score (nSPS) is 34.6. The van der Waals surface area contributed by atoms with Gasteiger partial charge in [0.2, 0.25) is 0 Å². The average Bonchev–Trinajstić information content (AvgIpc) is 2.59. The fourth-order valence-electron chi connectivity index (χ4n) is 5.68. The van der Waals surface area contributed by atoms with Crippen LogP contribution in [0.4, 0.5) is 26.3 Å². The lowest BCUT2D eigenvalue weighted by atomic mass is 9.54. The van der Waals surface area contributed by atoms with E-state index in [-0.39, 0.29) is 51.4 Å². The van der Waals surface area contributed by atoms with Crippen molar-refractivity contribution in [2.75, 3.05) is 0 Å². The summed E-state index contributed by atoms with van der Waals surface area (Å²) in [6.07, 6.45) is -11.2. The van der Waals surface area contributed by atoms with Crippen LogP contribution in [0.25, 0.3) is 0 Å². The molecule has 0 aromatic heterocycles. The molecule has 168 valence electrons. The highest BCUT2D eigenvalue weighted by Gasteiger charge is 2.76. The lowest BCUT2D eigenvalue weighted by Gasteiger charge is -2.53. The number of alkyl halides is 6. The highest BCUT2D eigenvalue weighted by Crippen LogP contribution is 2.65. The van der Waals surface area contributed by atoms with Crippen molar-refractivity contribution in [2.45, 2.75) is 75.9 Å². The first-order valence-corrected chi connectivity index (χ1v) is 10.1. The van der Waals surface area contributed by atoms with E-state index in [1.165, 1.54) is 12.2 Å². The summed E-state index contributed by atoms with van der Waals surface area (Å²) in [7, 11) is 0. The molecule has 6 atom stereocenters. The summed E-state index contributed by atoms with van der Waals surface area (Å²) in [6.45, 7) is 7.02. The number of allylic oxidation sites excluding steroid dienone is 2. The molecule has 0 aromatic carbocycles. The first-order valence-electron chi connectivity index (χ1n) is 10.1. The van der Waals surface area contributed by atoms with Gasteiger partial charge >= 0.3 is 12.4 Å². The summed E-state index contributed by atoms with van der Waals surface area (Å²) >= 11 is 0. The Hall–Kier alpha value is -1.02. The van der Waals surface area contributed by atoms with Crippen LogP contribution in [0.2, 0.25) is 0 Å². The summed E-state index contributed by atoms with van der Waals surface area (Å²) in [5, 5.41) is 20.2. The molecule has 29 heavy (non-hydrogen) atoms. The van der Waals surface area contributed by atoms with Crippen molar-refractivity contribution in [3.05, 3.63) is 25.3 Å². The predicted molar refractivity (Wildman–Crippen MR) is 97.8 cm³/mol. The van der Waals surface area contributed by atoms with E-state index in [2.05, 4.69) is 13.2 Å². The topological polar surface area (TPSA) is 40.5 Å². The van der Waals surface area contributed by atoms with E-state index in [1.54, 1.807) is 0 Å². The van der Waals surface area contributed by atoms with Crippen molar-refractivity contribution < 1.29 is 36.6 Å². The van der Waals surface area contributed by atoms with Gasteiger partial charge in [-0.25, -0.2) is 0 Å². The van der Waals surface area contributed by atoms with Gasteiger partial charge in [-0.3, -0.25) is 0 Å². The van der Waals surface area contributed by atoms with Gasteiger partial charge < -0.3 is 10.2 Å². The molecule has 2 aliphatic rings. The monoisotopic (exact) mass is 428 g/mol. The zero-order chi connectivity index (χ0) is 22.0. The van der Waals surface area contributed by atoms with Crippen molar-refractivity contribution in [1.82, 2.24) is 0 Å². The predicted octanol–water partition coefficient (Wildman–Crippen LogP) is 5.80. The highest BCUT2D eigenvalue weighted by atomic mass is 19.4. The maximum absolute atomic E-state index is 14.4. The molecule has 0 bridgehead atoms. The summed E-state index contributed by atoms with van der Waals surface area (Å²) in [5.74, 6) is -4.68. The molecule has 8 heteroatoms. The Labute approximate surface area is 167 Å². The Morgan fingerprint density at radius 2 is 1.03 bits per heavy atom. The molecule has 2 rings (SSSR count). The minimum Gasteiger partial charge on any atom is -0.393 e. The fourth-order valence-corrected chi connectivity index (χ4v) is 5.68. The SMILES string of the molecule is C=CCC1CC(C(C2CCC(O)C(CC=C)C2)(C(F)(F)F)C(F)(F)F)CCC1O. The number of rotatable bonds is 6. The van der Waals surface area contributed by atoms with Gasteiger partial charge in [-0.2, -0.15) is 26.3 Å². The molecule has 0 aliphatic heterocycles. The summed E-state index contributed by atoms with van der Waals surface area (Å²) in [4.78, 5) is 0. The molecule has 2 N–H and O–H groups in total. The first-order chi connectivity index (χ1) is 13.4. The van der Waals surface area contributed by atoms with Crippen LogP contribution in [-0.4, -0.2) is 34.8 Å². The van der Waals surface area contributed by atoms with E-state index in [4.69, 9.17) is 0 Å². The second-order valence-electron chi connectivity index (χ2n) is 8.59. The number of halogens is 6. The second-order valence-corrected chi connectivity index (χ2v) is 8.59. The molecule has 0 heterocycles. The standard InChI is InChI=1S/C21H30F6O2/c1-3-5-13-11-15(7-9-17(13)28)19(20(22,23)24,21(25,26)27)16-8-10-18(29)14(12-16)6-4-2/h3-4,13-18,28-29H,1-2,5-12H2. The van der Waals surface area contributed by atoms with Crippen LogP contribution >= 0.6 is 0 Å². The van der Waals surface area contributed by atoms with Crippen LogP contribution < -0.4 is 0 Å². The first kappa shape index (κ1) is 24.3. The molecule has 6 unspecified atom stereocenters. The number of aliphatic hydroxyl groups is 2. The molecule has 0 amide bonds. The number of hydrogen-bond donors (Lipinski definition) is 2. The minimum absolute atomic E-state index is 0.0947. The third-order valence-electron chi connectivity index (χ3n) is 7.05. The average molecular weight is 428 g/mol. The summed E-state index contributed by atoms with van der Waals surface area (Å²) < 4.78 is 86.3. The Kier molecular flexibility index (Phi) is 7.53. The largest absolute Gasteiger partial charge is 0.403 e. The van der Waals surface area contributed by atoms with E-state index >= 15 is 0 Å². The molecular formula is C21H30F6O2. The second kappa shape index (κ2) is 9.00. The van der Waals surface area contributed by atoms with Crippen molar-refractivity contribution in [1.29, 1.82) is 0 Å². The molecule has 0 spiro atoms. The van der Waals surface area contributed by atoms with Crippen LogP contribution in [0.5, 0.6) is 0 Å². The summed E-state index contributed by atoms with van der Waals surface area (Å²) in [5.41, 5.74) is -3.85. The third-order valence-corrected chi connectivity index (χ3v) is 7.05. The Balaban J connectivity index is 2.52. The molecule has 2 aliphatic carbocycles. The van der Waals surface area contributed by atoms with Gasteiger partial charge in [0.25, 0.3) is 0 Å². The zero-order valence-corrected chi connectivity index (χ0v) is 16.4. The molecule has 2 saturated carbocycles. The quantitative estimate of drug-likeness (QED) is 0.414. The van der Waals surface area contributed by atoms with Crippen molar-refractivity contribution in [3.63, 3.8) is 0 Å².